The Kier molecular flexibility index (Phi) is 3.84. The number of hydrogen-bond acceptors (Lipinski definition) is 3. The molecule has 0 aliphatic heterocycles. The lowest BCUT2D eigenvalue weighted by Crippen LogP contribution is -1.96. The summed E-state index contributed by atoms with van der Waals surface area (Å²) in [5, 5.41) is 3.41. The van der Waals surface area contributed by atoms with Crippen molar-refractivity contribution in [3.05, 3.63) is 0 Å². The minimum Gasteiger partial charge on any atom is -0.399 e. The molecular formula is C5H9NO2. The van der Waals surface area contributed by atoms with Gasteiger partial charge in [0.15, 0.2) is 6.29 Å². The summed E-state index contributed by atoms with van der Waals surface area (Å²) in [7, 11) is 1.42. The van der Waals surface area contributed by atoms with Crippen molar-refractivity contribution in [1.29, 1.82) is 0 Å². The van der Waals surface area contributed by atoms with Crippen LogP contribution in [-0.2, 0) is 9.63 Å². The van der Waals surface area contributed by atoms with Gasteiger partial charge in [0, 0.05) is 0 Å². The smallest absolute Gasteiger partial charge is 0.167 e. The van der Waals surface area contributed by atoms with E-state index in [9.17, 15) is 4.79 Å². The molecule has 0 heterocycles. The Morgan fingerprint density at radius 2 is 2.50 bits per heavy atom. The van der Waals surface area contributed by atoms with E-state index in [0.717, 1.165) is 0 Å². The zero-order valence-electron chi connectivity index (χ0n) is 5.05. The van der Waals surface area contributed by atoms with E-state index in [2.05, 4.69) is 9.99 Å². The Balaban J connectivity index is 3.66. The second-order valence-corrected chi connectivity index (χ2v) is 1.24. The van der Waals surface area contributed by atoms with Gasteiger partial charge in [-0.2, -0.15) is 0 Å². The highest BCUT2D eigenvalue weighted by Crippen LogP contribution is 1.80. The normalized spacial score (nSPS) is 11.0. The summed E-state index contributed by atoms with van der Waals surface area (Å²) in [4.78, 5) is 14.3. The zero-order valence-corrected chi connectivity index (χ0v) is 5.05. The van der Waals surface area contributed by atoms with Gasteiger partial charge in [-0.3, -0.25) is 4.79 Å². The average molecular weight is 115 g/mol. The van der Waals surface area contributed by atoms with Crippen molar-refractivity contribution in [1.82, 2.24) is 0 Å². The maximum absolute atomic E-state index is 9.92. The third kappa shape index (κ3) is 2.34. The molecule has 0 aromatic rings. The second kappa shape index (κ2) is 4.30. The summed E-state index contributed by atoms with van der Waals surface area (Å²) in [5.74, 6) is 0. The molecule has 0 amide bonds. The molecule has 0 aromatic carbocycles. The van der Waals surface area contributed by atoms with Crippen LogP contribution in [-0.4, -0.2) is 19.1 Å². The van der Waals surface area contributed by atoms with Crippen LogP contribution in [0.25, 0.3) is 0 Å². The van der Waals surface area contributed by atoms with Crippen LogP contribution in [0.2, 0.25) is 0 Å². The van der Waals surface area contributed by atoms with E-state index < -0.39 is 0 Å². The third-order valence-corrected chi connectivity index (χ3v) is 0.707. The van der Waals surface area contributed by atoms with Crippen molar-refractivity contribution in [3.8, 4) is 0 Å². The summed E-state index contributed by atoms with van der Waals surface area (Å²) in [5.41, 5.74) is 0.438. The zero-order chi connectivity index (χ0) is 6.41. The molecule has 0 radical (unpaired) electrons. The van der Waals surface area contributed by atoms with Gasteiger partial charge in [-0.15, -0.1) is 0 Å². The molecule has 46 valence electrons. The van der Waals surface area contributed by atoms with E-state index in [1.54, 1.807) is 0 Å². The Hall–Kier alpha value is -0.860. The number of oxime groups is 1. The first-order valence-corrected chi connectivity index (χ1v) is 2.40. The first-order valence-electron chi connectivity index (χ1n) is 2.40. The fraction of sp³-hybridized carbons (Fsp3) is 0.600. The molecule has 3 nitrogen and oxygen atoms in total. The quantitative estimate of drug-likeness (QED) is 0.307. The Morgan fingerprint density at radius 1 is 1.88 bits per heavy atom. The van der Waals surface area contributed by atoms with Gasteiger partial charge in [0.2, 0.25) is 0 Å². The van der Waals surface area contributed by atoms with Crippen molar-refractivity contribution in [2.45, 2.75) is 13.3 Å². The number of carbonyl (C=O) groups is 1. The predicted molar refractivity (Wildman–Crippen MR) is 30.8 cm³/mol. The monoisotopic (exact) mass is 115 g/mol. The second-order valence-electron chi connectivity index (χ2n) is 1.24. The van der Waals surface area contributed by atoms with Crippen molar-refractivity contribution in [3.63, 3.8) is 0 Å². The topological polar surface area (TPSA) is 38.7 Å². The van der Waals surface area contributed by atoms with E-state index in [1.165, 1.54) is 7.11 Å². The SMILES string of the molecule is CCC(C=O)=NOC. The number of nitrogens with zero attached hydrogens (tertiary/aromatic N) is 1. The van der Waals surface area contributed by atoms with Crippen molar-refractivity contribution in [2.24, 2.45) is 5.16 Å². The van der Waals surface area contributed by atoms with Crippen LogP contribution in [0.5, 0.6) is 0 Å². The van der Waals surface area contributed by atoms with Crippen molar-refractivity contribution < 1.29 is 9.63 Å². The lowest BCUT2D eigenvalue weighted by Gasteiger charge is -1.88. The highest BCUT2D eigenvalue weighted by molar-refractivity contribution is 6.27. The molecule has 0 fully saturated rings. The molecule has 0 aromatic heterocycles. The van der Waals surface area contributed by atoms with Gasteiger partial charge >= 0.3 is 0 Å². The predicted octanol–water partition coefficient (Wildman–Crippen LogP) is 0.598. The molecule has 8 heavy (non-hydrogen) atoms. The third-order valence-electron chi connectivity index (χ3n) is 0.707. The standard InChI is InChI=1S/C5H9NO2/c1-3-5(4-7)6-8-2/h4H,3H2,1-2H3. The minimum atomic E-state index is 0.438. The van der Waals surface area contributed by atoms with Crippen molar-refractivity contribution in [2.75, 3.05) is 7.11 Å². The van der Waals surface area contributed by atoms with Crippen LogP contribution in [0.1, 0.15) is 13.3 Å². The van der Waals surface area contributed by atoms with E-state index in [4.69, 9.17) is 0 Å². The van der Waals surface area contributed by atoms with E-state index in [-0.39, 0.29) is 0 Å². The molecule has 0 N–H and O–H groups in total. The summed E-state index contributed by atoms with van der Waals surface area (Å²) in [6.45, 7) is 1.84. The molecule has 0 unspecified atom stereocenters. The molecular weight excluding hydrogens is 106 g/mol. The van der Waals surface area contributed by atoms with E-state index in [0.29, 0.717) is 18.4 Å². The summed E-state index contributed by atoms with van der Waals surface area (Å²) in [6, 6.07) is 0. The van der Waals surface area contributed by atoms with Crippen LogP contribution in [0.4, 0.5) is 0 Å². The van der Waals surface area contributed by atoms with Gasteiger partial charge in [-0.05, 0) is 6.42 Å². The van der Waals surface area contributed by atoms with Gasteiger partial charge in [0.1, 0.15) is 12.8 Å². The maximum atomic E-state index is 9.92. The molecule has 0 bridgehead atoms. The van der Waals surface area contributed by atoms with Gasteiger partial charge < -0.3 is 4.84 Å². The van der Waals surface area contributed by atoms with Crippen LogP contribution in [0, 0.1) is 0 Å². The van der Waals surface area contributed by atoms with Crippen molar-refractivity contribution >= 4 is 12.0 Å². The molecule has 0 saturated carbocycles. The molecule has 0 atom stereocenters. The summed E-state index contributed by atoms with van der Waals surface area (Å²) in [6.07, 6.45) is 1.31. The van der Waals surface area contributed by atoms with Crippen LogP contribution in [0.15, 0.2) is 5.16 Å². The summed E-state index contributed by atoms with van der Waals surface area (Å²) >= 11 is 0. The number of hydrogen-bond donors (Lipinski definition) is 0. The summed E-state index contributed by atoms with van der Waals surface area (Å²) < 4.78 is 0. The lowest BCUT2D eigenvalue weighted by atomic mass is 10.3. The van der Waals surface area contributed by atoms with Gasteiger partial charge in [0.25, 0.3) is 0 Å². The van der Waals surface area contributed by atoms with Gasteiger partial charge in [0.05, 0.1) is 0 Å². The largest absolute Gasteiger partial charge is 0.399 e. The molecule has 0 rings (SSSR count). The molecule has 0 aliphatic rings. The minimum absolute atomic E-state index is 0.438. The molecule has 3 heteroatoms. The fourth-order valence-electron chi connectivity index (χ4n) is 0.287. The Morgan fingerprint density at radius 3 is 2.62 bits per heavy atom. The fourth-order valence-corrected chi connectivity index (χ4v) is 0.287. The maximum Gasteiger partial charge on any atom is 0.167 e. The van der Waals surface area contributed by atoms with E-state index >= 15 is 0 Å². The van der Waals surface area contributed by atoms with Crippen LogP contribution < -0.4 is 0 Å². The highest BCUT2D eigenvalue weighted by Gasteiger charge is 1.88. The first kappa shape index (κ1) is 7.14. The van der Waals surface area contributed by atoms with E-state index in [1.807, 2.05) is 6.92 Å². The molecule has 0 saturated heterocycles. The van der Waals surface area contributed by atoms with Gasteiger partial charge in [-0.1, -0.05) is 12.1 Å². The van der Waals surface area contributed by atoms with Crippen LogP contribution >= 0.6 is 0 Å². The van der Waals surface area contributed by atoms with Gasteiger partial charge in [-0.25, -0.2) is 0 Å². The average Bonchev–Trinajstić information content (AvgIpc) is 1.83. The highest BCUT2D eigenvalue weighted by atomic mass is 16.6. The first-order chi connectivity index (χ1) is 3.85. The molecule has 0 spiro atoms. The number of carbonyl (C=O) groups excluding carboxylic acids is 1. The van der Waals surface area contributed by atoms with Crippen LogP contribution in [0.3, 0.4) is 0 Å². The Labute approximate surface area is 48.3 Å². The lowest BCUT2D eigenvalue weighted by molar-refractivity contribution is -0.102. The molecule has 0 aliphatic carbocycles. The number of rotatable bonds is 3. The Bertz CT molecular complexity index is 98.6. The number of aldehydes is 1.